The smallest absolute Gasteiger partial charge is 0.202 e. The Morgan fingerprint density at radius 2 is 2.18 bits per heavy atom. The van der Waals surface area contributed by atoms with Crippen LogP contribution in [0.15, 0.2) is 22.7 Å². The Kier molecular flexibility index (Phi) is 5.28. The van der Waals surface area contributed by atoms with Crippen LogP contribution in [0, 0.1) is 0 Å². The molecular weight excluding hydrogens is 364 g/mol. The molecule has 0 atom stereocenters. The van der Waals surface area contributed by atoms with Crippen LogP contribution < -0.4 is 10.2 Å². The van der Waals surface area contributed by atoms with E-state index in [1.165, 1.54) is 22.8 Å². The van der Waals surface area contributed by atoms with Crippen LogP contribution in [-0.2, 0) is 17.7 Å². The molecule has 1 aromatic carbocycles. The van der Waals surface area contributed by atoms with Crippen molar-refractivity contribution in [1.29, 1.82) is 0 Å². The van der Waals surface area contributed by atoms with Gasteiger partial charge in [0.05, 0.1) is 13.2 Å². The maximum Gasteiger partial charge on any atom is 0.202 e. The van der Waals surface area contributed by atoms with E-state index in [-0.39, 0.29) is 0 Å². The summed E-state index contributed by atoms with van der Waals surface area (Å²) >= 11 is 5.00. The van der Waals surface area contributed by atoms with Crippen LogP contribution in [0.4, 0.5) is 10.8 Å². The Morgan fingerprint density at radius 1 is 1.36 bits per heavy atom. The third kappa shape index (κ3) is 3.77. The average Bonchev–Trinajstić information content (AvgIpc) is 3.02. The van der Waals surface area contributed by atoms with Crippen LogP contribution in [-0.4, -0.2) is 35.7 Å². The molecule has 7 heteroatoms. The van der Waals surface area contributed by atoms with Gasteiger partial charge in [-0.2, -0.15) is 4.37 Å². The molecule has 0 bridgehead atoms. The fourth-order valence-corrected chi connectivity index (χ4v) is 3.42. The van der Waals surface area contributed by atoms with Crippen LogP contribution in [0.1, 0.15) is 18.3 Å². The number of nitrogens with one attached hydrogen (secondary N) is 1. The summed E-state index contributed by atoms with van der Waals surface area (Å²) in [6, 6.07) is 6.42. The summed E-state index contributed by atoms with van der Waals surface area (Å²) in [5.41, 5.74) is 2.52. The Balaban J connectivity index is 1.74. The molecule has 118 valence electrons. The van der Waals surface area contributed by atoms with Gasteiger partial charge in [0.2, 0.25) is 5.13 Å². The molecule has 3 rings (SSSR count). The first-order valence-electron chi connectivity index (χ1n) is 7.44. The number of ether oxygens (including phenoxy) is 1. The van der Waals surface area contributed by atoms with Crippen LogP contribution in [0.2, 0.25) is 0 Å². The van der Waals surface area contributed by atoms with Gasteiger partial charge in [-0.25, -0.2) is 4.98 Å². The highest BCUT2D eigenvalue weighted by molar-refractivity contribution is 9.10. The number of hydrogen-bond donors (Lipinski definition) is 1. The molecule has 1 N–H and O–H groups in total. The van der Waals surface area contributed by atoms with E-state index in [0.29, 0.717) is 0 Å². The standard InChI is InChI=1S/C15H19BrN4OS/c1-2-14-18-15(22-19-14)17-10-11-3-4-12(16)9-13(11)20-5-7-21-8-6-20/h3-4,9H,2,5-8,10H2,1H3,(H,17,18,19). The van der Waals surface area contributed by atoms with Crippen LogP contribution >= 0.6 is 27.5 Å². The van der Waals surface area contributed by atoms with Gasteiger partial charge < -0.3 is 15.0 Å². The molecule has 5 nitrogen and oxygen atoms in total. The minimum Gasteiger partial charge on any atom is -0.378 e. The molecule has 22 heavy (non-hydrogen) atoms. The predicted molar refractivity (Wildman–Crippen MR) is 93.8 cm³/mol. The second kappa shape index (κ2) is 7.39. The van der Waals surface area contributed by atoms with Gasteiger partial charge in [0.25, 0.3) is 0 Å². The minimum atomic E-state index is 0.748. The zero-order valence-electron chi connectivity index (χ0n) is 12.5. The van der Waals surface area contributed by atoms with E-state index in [0.717, 1.165) is 54.7 Å². The summed E-state index contributed by atoms with van der Waals surface area (Å²) in [4.78, 5) is 6.83. The number of hydrogen-bond acceptors (Lipinski definition) is 6. The van der Waals surface area contributed by atoms with Gasteiger partial charge in [-0.05, 0) is 17.7 Å². The maximum absolute atomic E-state index is 5.45. The fraction of sp³-hybridized carbons (Fsp3) is 0.467. The highest BCUT2D eigenvalue weighted by Crippen LogP contribution is 2.27. The molecule has 1 aromatic heterocycles. The lowest BCUT2D eigenvalue weighted by molar-refractivity contribution is 0.122. The number of aromatic nitrogens is 2. The topological polar surface area (TPSA) is 50.3 Å². The van der Waals surface area contributed by atoms with Crippen molar-refractivity contribution in [2.75, 3.05) is 36.5 Å². The zero-order valence-corrected chi connectivity index (χ0v) is 14.9. The van der Waals surface area contributed by atoms with Crippen molar-refractivity contribution in [3.05, 3.63) is 34.1 Å². The van der Waals surface area contributed by atoms with Gasteiger partial charge in [-0.3, -0.25) is 0 Å². The van der Waals surface area contributed by atoms with Gasteiger partial charge in [-0.15, -0.1) is 0 Å². The van der Waals surface area contributed by atoms with E-state index < -0.39 is 0 Å². The molecule has 2 aromatic rings. The quantitative estimate of drug-likeness (QED) is 0.859. The first kappa shape index (κ1) is 15.7. The molecule has 0 saturated carbocycles. The number of benzene rings is 1. The molecular formula is C15H19BrN4OS. The summed E-state index contributed by atoms with van der Waals surface area (Å²) < 4.78 is 10.9. The largest absolute Gasteiger partial charge is 0.378 e. The Labute approximate surface area is 143 Å². The minimum absolute atomic E-state index is 0.748. The zero-order chi connectivity index (χ0) is 15.4. The molecule has 2 heterocycles. The summed E-state index contributed by atoms with van der Waals surface area (Å²) in [7, 11) is 0. The first-order valence-corrected chi connectivity index (χ1v) is 9.00. The van der Waals surface area contributed by atoms with Crippen molar-refractivity contribution in [1.82, 2.24) is 9.36 Å². The number of aryl methyl sites for hydroxylation is 1. The molecule has 1 aliphatic rings. The second-order valence-electron chi connectivity index (χ2n) is 5.10. The first-order chi connectivity index (χ1) is 10.8. The molecule has 1 aliphatic heterocycles. The second-order valence-corrected chi connectivity index (χ2v) is 6.76. The summed E-state index contributed by atoms with van der Waals surface area (Å²) in [6.45, 7) is 6.26. The van der Waals surface area contributed by atoms with E-state index in [1.807, 2.05) is 0 Å². The third-order valence-corrected chi connectivity index (χ3v) is 4.82. The number of nitrogens with zero attached hydrogens (tertiary/aromatic N) is 3. The molecule has 0 radical (unpaired) electrons. The van der Waals surface area contributed by atoms with E-state index in [4.69, 9.17) is 4.74 Å². The number of anilines is 2. The lowest BCUT2D eigenvalue weighted by atomic mass is 10.1. The molecule has 0 amide bonds. The Morgan fingerprint density at radius 3 is 2.91 bits per heavy atom. The number of rotatable bonds is 5. The van der Waals surface area contributed by atoms with Crippen LogP contribution in [0.25, 0.3) is 0 Å². The highest BCUT2D eigenvalue weighted by Gasteiger charge is 2.15. The van der Waals surface area contributed by atoms with E-state index in [9.17, 15) is 0 Å². The van der Waals surface area contributed by atoms with E-state index in [2.05, 4.69) is 60.6 Å². The van der Waals surface area contributed by atoms with Gasteiger partial charge in [0, 0.05) is 47.7 Å². The average molecular weight is 383 g/mol. The lowest BCUT2D eigenvalue weighted by Gasteiger charge is -2.30. The van der Waals surface area contributed by atoms with Crippen molar-refractivity contribution in [2.45, 2.75) is 19.9 Å². The number of halogens is 1. The van der Waals surface area contributed by atoms with Crippen molar-refractivity contribution in [3.8, 4) is 0 Å². The van der Waals surface area contributed by atoms with Crippen molar-refractivity contribution in [2.24, 2.45) is 0 Å². The Hall–Kier alpha value is -1.18. The monoisotopic (exact) mass is 382 g/mol. The van der Waals surface area contributed by atoms with Crippen molar-refractivity contribution >= 4 is 38.3 Å². The summed E-state index contributed by atoms with van der Waals surface area (Å²) in [5, 5.41) is 4.27. The Bertz CT molecular complexity index is 628. The van der Waals surface area contributed by atoms with Crippen LogP contribution in [0.5, 0.6) is 0 Å². The summed E-state index contributed by atoms with van der Waals surface area (Å²) in [6.07, 6.45) is 0.871. The highest BCUT2D eigenvalue weighted by atomic mass is 79.9. The van der Waals surface area contributed by atoms with Gasteiger partial charge >= 0.3 is 0 Å². The van der Waals surface area contributed by atoms with E-state index >= 15 is 0 Å². The predicted octanol–water partition coefficient (Wildman–Crippen LogP) is 3.31. The third-order valence-electron chi connectivity index (χ3n) is 3.61. The molecule has 1 fully saturated rings. The van der Waals surface area contributed by atoms with Crippen molar-refractivity contribution < 1.29 is 4.74 Å². The lowest BCUT2D eigenvalue weighted by Crippen LogP contribution is -2.36. The normalized spacial score (nSPS) is 15.1. The molecule has 0 unspecified atom stereocenters. The number of morpholine rings is 1. The molecule has 0 spiro atoms. The maximum atomic E-state index is 5.45. The molecule has 0 aliphatic carbocycles. The molecule has 1 saturated heterocycles. The van der Waals surface area contributed by atoms with Crippen molar-refractivity contribution in [3.63, 3.8) is 0 Å². The van der Waals surface area contributed by atoms with Gasteiger partial charge in [-0.1, -0.05) is 28.9 Å². The SMILES string of the molecule is CCc1nsc(NCc2ccc(Br)cc2N2CCOCC2)n1. The van der Waals surface area contributed by atoms with Crippen LogP contribution in [0.3, 0.4) is 0 Å². The van der Waals surface area contributed by atoms with Gasteiger partial charge in [0.15, 0.2) is 0 Å². The fourth-order valence-electron chi connectivity index (χ4n) is 2.43. The summed E-state index contributed by atoms with van der Waals surface area (Å²) in [5.74, 6) is 0.900. The van der Waals surface area contributed by atoms with Gasteiger partial charge in [0.1, 0.15) is 5.82 Å². The van der Waals surface area contributed by atoms with E-state index in [1.54, 1.807) is 0 Å².